The number of aromatic nitrogens is 4. The Morgan fingerprint density at radius 3 is 2.61 bits per heavy atom. The zero-order valence-electron chi connectivity index (χ0n) is 21.4. The molecule has 6 rings (SSSR count). The van der Waals surface area contributed by atoms with Gasteiger partial charge in [-0.1, -0.05) is 55.8 Å². The zero-order chi connectivity index (χ0) is 26.1. The molecule has 2 aliphatic heterocycles. The van der Waals surface area contributed by atoms with Crippen LogP contribution in [-0.2, 0) is 22.4 Å². The van der Waals surface area contributed by atoms with Crippen molar-refractivity contribution >= 4 is 17.4 Å². The SMILES string of the molecule is CCCc1c(Cc2ccc(-c3ccccc3)c(C3=NNC(=O)C3)c2)c(=O)n(C2CCOCC2)c2ncnn12. The minimum Gasteiger partial charge on any atom is -0.381 e. The van der Waals surface area contributed by atoms with Crippen molar-refractivity contribution in [3.05, 3.63) is 87.6 Å². The van der Waals surface area contributed by atoms with E-state index in [9.17, 15) is 9.59 Å². The number of hydrogen-bond acceptors (Lipinski definition) is 6. The number of fused-ring (bicyclic) bond motifs is 1. The number of amides is 1. The number of nitrogens with one attached hydrogen (secondary N) is 1. The second-order valence-electron chi connectivity index (χ2n) is 9.86. The highest BCUT2D eigenvalue weighted by Gasteiger charge is 2.26. The maximum atomic E-state index is 14.1. The van der Waals surface area contributed by atoms with Crippen LogP contribution in [0.2, 0.25) is 0 Å². The summed E-state index contributed by atoms with van der Waals surface area (Å²) in [4.78, 5) is 30.6. The van der Waals surface area contributed by atoms with Crippen LogP contribution in [0.3, 0.4) is 0 Å². The molecule has 1 N–H and O–H groups in total. The fourth-order valence-corrected chi connectivity index (χ4v) is 5.55. The first kappa shape index (κ1) is 24.2. The number of benzene rings is 2. The third kappa shape index (κ3) is 4.43. The number of hydrogen-bond donors (Lipinski definition) is 1. The summed E-state index contributed by atoms with van der Waals surface area (Å²) in [5.74, 6) is 0.477. The van der Waals surface area contributed by atoms with Crippen LogP contribution >= 0.6 is 0 Å². The van der Waals surface area contributed by atoms with Crippen LogP contribution in [0.4, 0.5) is 0 Å². The molecule has 2 aromatic carbocycles. The number of ether oxygens (including phenoxy) is 1. The third-order valence-corrected chi connectivity index (χ3v) is 7.37. The fourth-order valence-electron chi connectivity index (χ4n) is 5.55. The Bertz CT molecular complexity index is 1580. The Labute approximate surface area is 220 Å². The van der Waals surface area contributed by atoms with Crippen LogP contribution in [0, 0.1) is 0 Å². The maximum absolute atomic E-state index is 14.1. The van der Waals surface area contributed by atoms with E-state index in [0.717, 1.165) is 59.2 Å². The Hall–Kier alpha value is -4.11. The van der Waals surface area contributed by atoms with E-state index in [1.165, 1.54) is 6.33 Å². The van der Waals surface area contributed by atoms with Gasteiger partial charge < -0.3 is 4.74 Å². The quantitative estimate of drug-likeness (QED) is 0.409. The van der Waals surface area contributed by atoms with Gasteiger partial charge in [0.15, 0.2) is 0 Å². The molecule has 4 heterocycles. The van der Waals surface area contributed by atoms with Crippen LogP contribution in [0.25, 0.3) is 16.9 Å². The molecule has 2 aliphatic rings. The normalized spacial score (nSPS) is 16.1. The Kier molecular flexibility index (Phi) is 6.59. The molecule has 194 valence electrons. The molecular weight excluding hydrogens is 480 g/mol. The molecule has 38 heavy (non-hydrogen) atoms. The average Bonchev–Trinajstić information content (AvgIpc) is 3.61. The standard InChI is InChI=1S/C29H30N6O3/c1-2-6-26-24(28(37)34(21-11-13-38-14-12-21)29-30-18-31-35(26)29)16-19-9-10-22(20-7-4-3-5-8-20)23(15-19)25-17-27(36)33-32-25/h3-5,7-10,15,18,21H,2,6,11-14,16-17H2,1H3,(H,33,36). The first-order chi connectivity index (χ1) is 18.6. The molecule has 0 unspecified atom stereocenters. The summed E-state index contributed by atoms with van der Waals surface area (Å²) in [6.45, 7) is 3.36. The predicted octanol–water partition coefficient (Wildman–Crippen LogP) is 3.68. The van der Waals surface area contributed by atoms with Crippen LogP contribution < -0.4 is 11.0 Å². The average molecular weight is 511 g/mol. The molecule has 1 amide bonds. The Balaban J connectivity index is 1.48. The highest BCUT2D eigenvalue weighted by atomic mass is 16.5. The van der Waals surface area contributed by atoms with Gasteiger partial charge in [-0.05, 0) is 42.0 Å². The van der Waals surface area contributed by atoms with Crippen molar-refractivity contribution in [2.75, 3.05) is 13.2 Å². The molecule has 0 atom stereocenters. The highest BCUT2D eigenvalue weighted by Crippen LogP contribution is 2.29. The van der Waals surface area contributed by atoms with Crippen molar-refractivity contribution in [3.63, 3.8) is 0 Å². The summed E-state index contributed by atoms with van der Waals surface area (Å²) in [6, 6.07) is 16.3. The first-order valence-corrected chi connectivity index (χ1v) is 13.2. The molecule has 0 aliphatic carbocycles. The molecule has 0 bridgehead atoms. The van der Waals surface area contributed by atoms with Crippen molar-refractivity contribution in [2.45, 2.75) is 51.5 Å². The number of hydrazone groups is 1. The molecule has 0 saturated carbocycles. The van der Waals surface area contributed by atoms with Gasteiger partial charge in [0, 0.05) is 36.8 Å². The monoisotopic (exact) mass is 510 g/mol. The number of nitrogens with zero attached hydrogens (tertiary/aromatic N) is 5. The fraction of sp³-hybridized carbons (Fsp3) is 0.345. The number of carbonyl (C=O) groups excluding carboxylic acids is 1. The van der Waals surface area contributed by atoms with Crippen LogP contribution in [0.1, 0.15) is 61.0 Å². The summed E-state index contributed by atoms with van der Waals surface area (Å²) in [7, 11) is 0. The number of rotatable bonds is 7. The molecule has 2 aromatic heterocycles. The van der Waals surface area contributed by atoms with Gasteiger partial charge in [-0.3, -0.25) is 14.2 Å². The van der Waals surface area contributed by atoms with Crippen LogP contribution in [-0.4, -0.2) is 44.0 Å². The van der Waals surface area contributed by atoms with E-state index in [0.29, 0.717) is 31.1 Å². The lowest BCUT2D eigenvalue weighted by Gasteiger charge is -2.26. The van der Waals surface area contributed by atoms with Crippen LogP contribution in [0.5, 0.6) is 0 Å². The summed E-state index contributed by atoms with van der Waals surface area (Å²) in [5.41, 5.74) is 8.84. The van der Waals surface area contributed by atoms with Gasteiger partial charge in [-0.15, -0.1) is 0 Å². The van der Waals surface area contributed by atoms with E-state index >= 15 is 0 Å². The van der Waals surface area contributed by atoms with E-state index < -0.39 is 0 Å². The lowest BCUT2D eigenvalue weighted by Crippen LogP contribution is -2.34. The molecular formula is C29H30N6O3. The van der Waals surface area contributed by atoms with Gasteiger partial charge in [0.05, 0.1) is 17.8 Å². The lowest BCUT2D eigenvalue weighted by molar-refractivity contribution is -0.119. The minimum atomic E-state index is -0.120. The molecule has 1 saturated heterocycles. The van der Waals surface area contributed by atoms with E-state index in [2.05, 4.69) is 45.7 Å². The second-order valence-corrected chi connectivity index (χ2v) is 9.86. The van der Waals surface area contributed by atoms with Crippen molar-refractivity contribution < 1.29 is 9.53 Å². The highest BCUT2D eigenvalue weighted by molar-refractivity contribution is 6.16. The largest absolute Gasteiger partial charge is 0.381 e. The van der Waals surface area contributed by atoms with Crippen molar-refractivity contribution in [2.24, 2.45) is 5.10 Å². The van der Waals surface area contributed by atoms with Crippen molar-refractivity contribution in [3.8, 4) is 11.1 Å². The molecule has 0 spiro atoms. The first-order valence-electron chi connectivity index (χ1n) is 13.2. The molecule has 9 heteroatoms. The van der Waals surface area contributed by atoms with E-state index in [1.54, 1.807) is 0 Å². The summed E-state index contributed by atoms with van der Waals surface area (Å²) in [6.07, 6.45) is 5.35. The molecule has 4 aromatic rings. The van der Waals surface area contributed by atoms with Crippen molar-refractivity contribution in [1.82, 2.24) is 24.6 Å². The number of carbonyl (C=O) groups is 1. The van der Waals surface area contributed by atoms with Crippen LogP contribution in [0.15, 0.2) is 64.8 Å². The second kappa shape index (κ2) is 10.3. The minimum absolute atomic E-state index is 0.00964. The smallest absolute Gasteiger partial charge is 0.259 e. The Morgan fingerprint density at radius 1 is 1.05 bits per heavy atom. The number of aryl methyl sites for hydroxylation is 1. The Morgan fingerprint density at radius 2 is 1.87 bits per heavy atom. The van der Waals surface area contributed by atoms with Gasteiger partial charge in [0.25, 0.3) is 5.56 Å². The molecule has 0 radical (unpaired) electrons. The van der Waals surface area contributed by atoms with Gasteiger partial charge >= 0.3 is 0 Å². The van der Waals surface area contributed by atoms with Gasteiger partial charge in [-0.2, -0.15) is 15.2 Å². The summed E-state index contributed by atoms with van der Waals surface area (Å²) >= 11 is 0. The van der Waals surface area contributed by atoms with Gasteiger partial charge in [0.1, 0.15) is 6.33 Å². The van der Waals surface area contributed by atoms with E-state index in [-0.39, 0.29) is 23.9 Å². The maximum Gasteiger partial charge on any atom is 0.259 e. The lowest BCUT2D eigenvalue weighted by atomic mass is 9.91. The predicted molar refractivity (Wildman–Crippen MR) is 144 cm³/mol. The van der Waals surface area contributed by atoms with E-state index in [4.69, 9.17) is 4.74 Å². The summed E-state index contributed by atoms with van der Waals surface area (Å²) in [5, 5.41) is 8.84. The molecule has 1 fully saturated rings. The zero-order valence-corrected chi connectivity index (χ0v) is 21.4. The van der Waals surface area contributed by atoms with Crippen molar-refractivity contribution in [1.29, 1.82) is 0 Å². The topological polar surface area (TPSA) is 103 Å². The van der Waals surface area contributed by atoms with E-state index in [1.807, 2.05) is 39.4 Å². The summed E-state index contributed by atoms with van der Waals surface area (Å²) < 4.78 is 9.23. The van der Waals surface area contributed by atoms with Gasteiger partial charge in [0.2, 0.25) is 11.7 Å². The van der Waals surface area contributed by atoms with Gasteiger partial charge in [-0.25, -0.2) is 9.94 Å². The third-order valence-electron chi connectivity index (χ3n) is 7.37. The molecule has 9 nitrogen and oxygen atoms in total.